The summed E-state index contributed by atoms with van der Waals surface area (Å²) in [6.45, 7) is 13.9. The van der Waals surface area contributed by atoms with E-state index in [4.69, 9.17) is 0 Å². The first-order valence-electron chi connectivity index (χ1n) is 6.23. The van der Waals surface area contributed by atoms with Crippen molar-refractivity contribution < 1.29 is 0 Å². The van der Waals surface area contributed by atoms with E-state index in [9.17, 15) is 0 Å². The molecule has 0 atom stereocenters. The maximum absolute atomic E-state index is 4.20. The van der Waals surface area contributed by atoms with E-state index in [-0.39, 0.29) is 5.54 Å². The first kappa shape index (κ1) is 14.0. The summed E-state index contributed by atoms with van der Waals surface area (Å²) in [5.74, 6) is 0. The Balaban J connectivity index is 2.71. The first-order chi connectivity index (χ1) is 7.79. The first-order valence-corrected chi connectivity index (χ1v) is 6.23. The topological polar surface area (TPSA) is 29.9 Å². The smallest absolute Gasteiger partial charge is 0.0953 e. The fourth-order valence-electron chi connectivity index (χ4n) is 1.57. The van der Waals surface area contributed by atoms with Gasteiger partial charge in [-0.25, -0.2) is 4.98 Å². The fourth-order valence-corrected chi connectivity index (χ4v) is 1.57. The molecule has 0 aliphatic carbocycles. The van der Waals surface area contributed by atoms with Gasteiger partial charge in [-0.15, -0.1) is 0 Å². The summed E-state index contributed by atoms with van der Waals surface area (Å²) in [6.07, 6.45) is 6.01. The van der Waals surface area contributed by atoms with Crippen LogP contribution in [0, 0.1) is 0 Å². The van der Waals surface area contributed by atoms with Crippen LogP contribution in [0.3, 0.4) is 0 Å². The average molecular weight is 235 g/mol. The van der Waals surface area contributed by atoms with Crippen molar-refractivity contribution in [1.82, 2.24) is 14.9 Å². The van der Waals surface area contributed by atoms with Gasteiger partial charge in [0, 0.05) is 18.1 Å². The molecular formula is C14H25N3. The Kier molecular flexibility index (Phi) is 4.52. The molecule has 0 saturated carbocycles. The van der Waals surface area contributed by atoms with Gasteiger partial charge in [-0.1, -0.05) is 5.57 Å². The summed E-state index contributed by atoms with van der Waals surface area (Å²) in [5.41, 5.74) is 2.66. The highest BCUT2D eigenvalue weighted by Crippen LogP contribution is 2.12. The van der Waals surface area contributed by atoms with Crippen molar-refractivity contribution in [2.45, 2.75) is 53.1 Å². The van der Waals surface area contributed by atoms with Gasteiger partial charge in [-0.2, -0.15) is 0 Å². The van der Waals surface area contributed by atoms with Gasteiger partial charge in [0.2, 0.25) is 0 Å². The molecule has 0 aliphatic rings. The Morgan fingerprint density at radius 3 is 2.65 bits per heavy atom. The van der Waals surface area contributed by atoms with Gasteiger partial charge in [0.25, 0.3) is 0 Å². The van der Waals surface area contributed by atoms with Crippen LogP contribution in [0.15, 0.2) is 18.1 Å². The van der Waals surface area contributed by atoms with Crippen LogP contribution in [0.1, 0.15) is 53.3 Å². The summed E-state index contributed by atoms with van der Waals surface area (Å²) in [4.78, 5) is 4.20. The van der Waals surface area contributed by atoms with E-state index in [0.29, 0.717) is 6.04 Å². The molecule has 0 fully saturated rings. The molecule has 1 heterocycles. The number of hydrogen-bond donors (Lipinski definition) is 1. The van der Waals surface area contributed by atoms with Crippen molar-refractivity contribution >= 4 is 6.08 Å². The Morgan fingerprint density at radius 1 is 1.47 bits per heavy atom. The van der Waals surface area contributed by atoms with Crippen LogP contribution in [-0.4, -0.2) is 21.6 Å². The van der Waals surface area contributed by atoms with Crippen LogP contribution >= 0.6 is 0 Å². The molecule has 0 bridgehead atoms. The van der Waals surface area contributed by atoms with E-state index in [1.165, 1.54) is 11.3 Å². The van der Waals surface area contributed by atoms with Crippen LogP contribution in [0.5, 0.6) is 0 Å². The molecule has 0 aliphatic heterocycles. The lowest BCUT2D eigenvalue weighted by atomic mass is 10.1. The third kappa shape index (κ3) is 4.73. The zero-order valence-electron chi connectivity index (χ0n) is 11.9. The molecule has 0 saturated heterocycles. The Morgan fingerprint density at radius 2 is 2.12 bits per heavy atom. The van der Waals surface area contributed by atoms with Crippen LogP contribution in [-0.2, 0) is 0 Å². The molecule has 3 heteroatoms. The zero-order valence-corrected chi connectivity index (χ0v) is 11.9. The van der Waals surface area contributed by atoms with Crippen LogP contribution in [0.4, 0.5) is 0 Å². The molecule has 0 unspecified atom stereocenters. The van der Waals surface area contributed by atoms with Gasteiger partial charge >= 0.3 is 0 Å². The number of nitrogens with zero attached hydrogens (tertiary/aromatic N) is 2. The predicted molar refractivity (Wildman–Crippen MR) is 74.0 cm³/mol. The highest BCUT2D eigenvalue weighted by molar-refractivity contribution is 5.48. The number of hydrogen-bond acceptors (Lipinski definition) is 2. The molecule has 0 spiro atoms. The summed E-state index contributed by atoms with van der Waals surface area (Å²) in [6, 6.07) is 0.451. The highest BCUT2D eigenvalue weighted by atomic mass is 15.1. The van der Waals surface area contributed by atoms with Gasteiger partial charge < -0.3 is 9.88 Å². The Bertz CT molecular complexity index is 380. The SMILES string of the molecule is CC(=Cc1cncn1C(C)C)CNC(C)(C)C. The van der Waals surface area contributed by atoms with E-state index in [2.05, 4.69) is 62.5 Å². The van der Waals surface area contributed by atoms with Crippen molar-refractivity contribution in [3.63, 3.8) is 0 Å². The molecule has 1 rings (SSSR count). The van der Waals surface area contributed by atoms with Gasteiger partial charge in [-0.05, 0) is 47.6 Å². The Labute approximate surface area is 105 Å². The summed E-state index contributed by atoms with van der Waals surface area (Å²) in [5, 5.41) is 3.48. The van der Waals surface area contributed by atoms with Crippen molar-refractivity contribution in [2.24, 2.45) is 0 Å². The van der Waals surface area contributed by atoms with Gasteiger partial charge in [0.1, 0.15) is 0 Å². The predicted octanol–water partition coefficient (Wildman–Crippen LogP) is 3.26. The van der Waals surface area contributed by atoms with Gasteiger partial charge in [0.05, 0.1) is 18.2 Å². The van der Waals surface area contributed by atoms with E-state index < -0.39 is 0 Å². The van der Waals surface area contributed by atoms with E-state index in [0.717, 1.165) is 6.54 Å². The second-order valence-corrected chi connectivity index (χ2v) is 5.91. The molecule has 3 nitrogen and oxygen atoms in total. The maximum Gasteiger partial charge on any atom is 0.0953 e. The van der Waals surface area contributed by atoms with Crippen molar-refractivity contribution in [2.75, 3.05) is 6.54 Å². The van der Waals surface area contributed by atoms with Crippen LogP contribution in [0.25, 0.3) is 6.08 Å². The summed E-state index contributed by atoms with van der Waals surface area (Å²) < 4.78 is 2.18. The van der Waals surface area contributed by atoms with Gasteiger partial charge in [-0.3, -0.25) is 0 Å². The standard InChI is InChI=1S/C14H25N3/c1-11(2)17-10-15-9-13(17)7-12(3)8-16-14(4,5)6/h7,9-11,16H,8H2,1-6H3. The summed E-state index contributed by atoms with van der Waals surface area (Å²) in [7, 11) is 0. The zero-order chi connectivity index (χ0) is 13.1. The second-order valence-electron chi connectivity index (χ2n) is 5.91. The number of nitrogens with one attached hydrogen (secondary N) is 1. The molecule has 1 N–H and O–H groups in total. The Hall–Kier alpha value is -1.09. The lowest BCUT2D eigenvalue weighted by Crippen LogP contribution is -2.36. The number of aromatic nitrogens is 2. The highest BCUT2D eigenvalue weighted by Gasteiger charge is 2.08. The molecule has 17 heavy (non-hydrogen) atoms. The molecule has 0 amide bonds. The minimum atomic E-state index is 0.160. The maximum atomic E-state index is 4.20. The second kappa shape index (κ2) is 5.50. The van der Waals surface area contributed by atoms with E-state index in [1.54, 1.807) is 0 Å². The molecular weight excluding hydrogens is 210 g/mol. The third-order valence-corrected chi connectivity index (χ3v) is 2.54. The average Bonchev–Trinajstić information content (AvgIpc) is 2.62. The summed E-state index contributed by atoms with van der Waals surface area (Å²) >= 11 is 0. The molecule has 96 valence electrons. The van der Waals surface area contributed by atoms with Crippen molar-refractivity contribution in [3.8, 4) is 0 Å². The fraction of sp³-hybridized carbons (Fsp3) is 0.643. The number of rotatable bonds is 4. The minimum absolute atomic E-state index is 0.160. The molecule has 1 aromatic heterocycles. The van der Waals surface area contributed by atoms with E-state index >= 15 is 0 Å². The van der Waals surface area contributed by atoms with Crippen molar-refractivity contribution in [1.29, 1.82) is 0 Å². The minimum Gasteiger partial charge on any atom is -0.329 e. The van der Waals surface area contributed by atoms with E-state index in [1.807, 2.05) is 12.5 Å². The third-order valence-electron chi connectivity index (χ3n) is 2.54. The van der Waals surface area contributed by atoms with Crippen molar-refractivity contribution in [3.05, 3.63) is 23.8 Å². The lowest BCUT2D eigenvalue weighted by Gasteiger charge is -2.20. The van der Waals surface area contributed by atoms with Gasteiger partial charge in [0.15, 0.2) is 0 Å². The van der Waals surface area contributed by atoms with Crippen LogP contribution in [0.2, 0.25) is 0 Å². The molecule has 1 aromatic rings. The monoisotopic (exact) mass is 235 g/mol. The quantitative estimate of drug-likeness (QED) is 0.868. The lowest BCUT2D eigenvalue weighted by molar-refractivity contribution is 0.445. The number of imidazole rings is 1. The normalized spacial score (nSPS) is 13.5. The largest absolute Gasteiger partial charge is 0.329 e. The molecule has 0 radical (unpaired) electrons. The van der Waals surface area contributed by atoms with Crippen LogP contribution < -0.4 is 5.32 Å². The molecule has 0 aromatic carbocycles.